The Balaban J connectivity index is 2.53. The number of hydrogen-bond acceptors (Lipinski definition) is 5. The molecule has 0 radical (unpaired) electrons. The molecule has 0 spiro atoms. The van der Waals surface area contributed by atoms with E-state index in [1.807, 2.05) is 24.3 Å². The first-order chi connectivity index (χ1) is 11.5. The largest absolute Gasteiger partial charge is 0.464 e. The highest BCUT2D eigenvalue weighted by molar-refractivity contribution is 9.10. The molecule has 0 saturated heterocycles. The monoisotopic (exact) mass is 394 g/mol. The topological polar surface area (TPSA) is 70.4 Å². The fraction of sp³-hybridized carbons (Fsp3) is 0.353. The maximum atomic E-state index is 12.8. The predicted octanol–water partition coefficient (Wildman–Crippen LogP) is 2.71. The number of carbonyl (C=O) groups excluding carboxylic acids is 2. The molecule has 0 fully saturated rings. The average molecular weight is 395 g/mol. The molecule has 7 heteroatoms. The van der Waals surface area contributed by atoms with E-state index in [1.165, 1.54) is 10.9 Å². The predicted molar refractivity (Wildman–Crippen MR) is 91.3 cm³/mol. The molecule has 0 saturated carbocycles. The van der Waals surface area contributed by atoms with Gasteiger partial charge in [-0.05, 0) is 37.6 Å². The number of esters is 2. The fourth-order valence-electron chi connectivity index (χ4n) is 2.39. The van der Waals surface area contributed by atoms with E-state index >= 15 is 0 Å². The normalized spacial score (nSPS) is 11.1. The van der Waals surface area contributed by atoms with Crippen molar-refractivity contribution in [2.75, 3.05) is 13.2 Å². The van der Waals surface area contributed by atoms with E-state index in [9.17, 15) is 9.59 Å². The van der Waals surface area contributed by atoms with E-state index in [0.717, 1.165) is 10.0 Å². The molecule has 0 aliphatic carbocycles. The van der Waals surface area contributed by atoms with Crippen molar-refractivity contribution >= 4 is 27.9 Å². The summed E-state index contributed by atoms with van der Waals surface area (Å²) in [4.78, 5) is 25.5. The van der Waals surface area contributed by atoms with Crippen LogP contribution in [0.5, 0.6) is 0 Å². The molecule has 1 aromatic carbocycles. The minimum Gasteiger partial charge on any atom is -0.464 e. The third-order valence-electron chi connectivity index (χ3n) is 3.49. The quantitative estimate of drug-likeness (QED) is 0.533. The number of carbonyl (C=O) groups is 2. The van der Waals surface area contributed by atoms with Gasteiger partial charge in [-0.15, -0.1) is 0 Å². The number of rotatable bonds is 7. The van der Waals surface area contributed by atoms with Gasteiger partial charge in [-0.3, -0.25) is 0 Å². The molecule has 0 aliphatic heterocycles. The third-order valence-corrected chi connectivity index (χ3v) is 4.02. The van der Waals surface area contributed by atoms with Gasteiger partial charge in [0, 0.05) is 23.3 Å². The first-order valence-electron chi connectivity index (χ1n) is 7.63. The molecule has 1 heterocycles. The summed E-state index contributed by atoms with van der Waals surface area (Å²) in [6, 6.07) is 9.01. The Morgan fingerprint density at radius 1 is 1.12 bits per heavy atom. The van der Waals surface area contributed by atoms with Crippen LogP contribution in [0.25, 0.3) is 0 Å². The zero-order chi connectivity index (χ0) is 17.6. The summed E-state index contributed by atoms with van der Waals surface area (Å²) in [5.41, 5.74) is -0.904. The summed E-state index contributed by atoms with van der Waals surface area (Å²) in [7, 11) is 0. The second-order valence-corrected chi connectivity index (χ2v) is 5.97. The van der Waals surface area contributed by atoms with Crippen molar-refractivity contribution in [2.45, 2.75) is 25.8 Å². The Hall–Kier alpha value is -2.15. The lowest BCUT2D eigenvalue weighted by Crippen LogP contribution is -2.53. The van der Waals surface area contributed by atoms with Gasteiger partial charge in [-0.2, -0.15) is 5.10 Å². The number of aromatic nitrogens is 2. The smallest absolute Gasteiger partial charge is 0.346 e. The van der Waals surface area contributed by atoms with Crippen molar-refractivity contribution in [3.05, 3.63) is 52.8 Å². The van der Waals surface area contributed by atoms with Crippen molar-refractivity contribution in [1.82, 2.24) is 9.78 Å². The van der Waals surface area contributed by atoms with Crippen molar-refractivity contribution in [3.63, 3.8) is 0 Å². The maximum Gasteiger partial charge on any atom is 0.346 e. The van der Waals surface area contributed by atoms with Gasteiger partial charge in [-0.1, -0.05) is 28.1 Å². The number of ether oxygens (including phenoxy) is 2. The molecule has 0 N–H and O–H groups in total. The average Bonchev–Trinajstić information content (AvgIpc) is 3.09. The van der Waals surface area contributed by atoms with Crippen molar-refractivity contribution in [2.24, 2.45) is 0 Å². The van der Waals surface area contributed by atoms with Crippen LogP contribution in [0.3, 0.4) is 0 Å². The molecule has 0 bridgehead atoms. The molecule has 2 aromatic rings. The van der Waals surface area contributed by atoms with Crippen LogP contribution in [0.15, 0.2) is 47.2 Å². The number of hydrogen-bond donors (Lipinski definition) is 0. The van der Waals surface area contributed by atoms with Gasteiger partial charge in [0.2, 0.25) is 0 Å². The van der Waals surface area contributed by atoms with Gasteiger partial charge in [-0.25, -0.2) is 14.3 Å². The zero-order valence-corrected chi connectivity index (χ0v) is 15.2. The second kappa shape index (κ2) is 8.10. The molecule has 2 rings (SSSR count). The summed E-state index contributed by atoms with van der Waals surface area (Å²) in [6.45, 7) is 3.69. The van der Waals surface area contributed by atoms with Crippen LogP contribution in [0.1, 0.15) is 19.4 Å². The van der Waals surface area contributed by atoms with Crippen molar-refractivity contribution in [3.8, 4) is 0 Å². The van der Waals surface area contributed by atoms with Gasteiger partial charge in [0.25, 0.3) is 5.54 Å². The summed E-state index contributed by atoms with van der Waals surface area (Å²) >= 11 is 3.37. The van der Waals surface area contributed by atoms with E-state index in [-0.39, 0.29) is 19.6 Å². The van der Waals surface area contributed by atoms with Crippen LogP contribution in [0, 0.1) is 0 Å². The molecule has 128 valence electrons. The van der Waals surface area contributed by atoms with Crippen molar-refractivity contribution < 1.29 is 19.1 Å². The summed E-state index contributed by atoms with van der Waals surface area (Å²) in [5.74, 6) is -1.37. The van der Waals surface area contributed by atoms with E-state index in [2.05, 4.69) is 21.0 Å². The highest BCUT2D eigenvalue weighted by Gasteiger charge is 2.51. The molecule has 0 amide bonds. The Labute approximate surface area is 148 Å². The van der Waals surface area contributed by atoms with Crippen LogP contribution in [-0.2, 0) is 31.0 Å². The van der Waals surface area contributed by atoms with E-state index in [0.29, 0.717) is 0 Å². The lowest BCUT2D eigenvalue weighted by Gasteiger charge is -2.29. The van der Waals surface area contributed by atoms with Crippen LogP contribution < -0.4 is 0 Å². The lowest BCUT2D eigenvalue weighted by molar-refractivity contribution is -0.171. The van der Waals surface area contributed by atoms with E-state index < -0.39 is 17.5 Å². The first kappa shape index (κ1) is 18.2. The lowest BCUT2D eigenvalue weighted by atomic mass is 9.90. The van der Waals surface area contributed by atoms with Crippen LogP contribution in [-0.4, -0.2) is 34.9 Å². The van der Waals surface area contributed by atoms with Crippen LogP contribution in [0.2, 0.25) is 0 Å². The molecular weight excluding hydrogens is 376 g/mol. The molecule has 0 atom stereocenters. The Morgan fingerprint density at radius 2 is 1.71 bits per heavy atom. The molecule has 6 nitrogen and oxygen atoms in total. The molecular formula is C17H19BrN2O4. The van der Waals surface area contributed by atoms with Crippen LogP contribution in [0.4, 0.5) is 0 Å². The molecule has 24 heavy (non-hydrogen) atoms. The molecule has 1 aromatic heterocycles. The summed E-state index contributed by atoms with van der Waals surface area (Å²) in [5, 5.41) is 4.11. The van der Waals surface area contributed by atoms with Gasteiger partial charge < -0.3 is 9.47 Å². The standard InChI is InChI=1S/C17H19BrN2O4/c1-3-23-15(21)17(16(22)24-4-2,20-11-5-10-19-20)12-13-6-8-14(18)9-7-13/h5-11H,3-4,12H2,1-2H3. The third kappa shape index (κ3) is 3.67. The first-order valence-corrected chi connectivity index (χ1v) is 8.43. The second-order valence-electron chi connectivity index (χ2n) is 5.06. The number of nitrogens with zero attached hydrogens (tertiary/aromatic N) is 2. The SMILES string of the molecule is CCOC(=O)C(Cc1ccc(Br)cc1)(C(=O)OCC)n1cccn1. The van der Waals surface area contributed by atoms with Gasteiger partial charge in [0.1, 0.15) is 0 Å². The maximum absolute atomic E-state index is 12.8. The van der Waals surface area contributed by atoms with Gasteiger partial charge in [0.05, 0.1) is 13.2 Å². The van der Waals surface area contributed by atoms with Gasteiger partial charge in [0.15, 0.2) is 0 Å². The highest BCUT2D eigenvalue weighted by atomic mass is 79.9. The summed E-state index contributed by atoms with van der Waals surface area (Å²) in [6.07, 6.45) is 3.15. The Morgan fingerprint density at radius 3 is 2.17 bits per heavy atom. The number of halogens is 1. The Kier molecular flexibility index (Phi) is 6.14. The van der Waals surface area contributed by atoms with Crippen molar-refractivity contribution in [1.29, 1.82) is 0 Å². The van der Waals surface area contributed by atoms with E-state index in [4.69, 9.17) is 9.47 Å². The minimum atomic E-state index is -1.69. The zero-order valence-electron chi connectivity index (χ0n) is 13.6. The highest BCUT2D eigenvalue weighted by Crippen LogP contribution is 2.27. The molecule has 0 unspecified atom stereocenters. The summed E-state index contributed by atoms with van der Waals surface area (Å²) < 4.78 is 12.6. The fourth-order valence-corrected chi connectivity index (χ4v) is 2.65. The van der Waals surface area contributed by atoms with E-state index in [1.54, 1.807) is 26.1 Å². The molecule has 0 aliphatic rings. The van der Waals surface area contributed by atoms with Gasteiger partial charge >= 0.3 is 11.9 Å². The van der Waals surface area contributed by atoms with Crippen LogP contribution >= 0.6 is 15.9 Å². The Bertz CT molecular complexity index is 665. The minimum absolute atomic E-state index is 0.0830. The number of benzene rings is 1.